The highest BCUT2D eigenvalue weighted by atomic mass is 16.7. The number of primary amides is 1. The first-order valence-electron chi connectivity index (χ1n) is 8.77. The van der Waals surface area contributed by atoms with E-state index in [0.29, 0.717) is 23.0 Å². The monoisotopic (exact) mass is 385 g/mol. The van der Waals surface area contributed by atoms with Crippen LogP contribution in [0.5, 0.6) is 23.0 Å². The van der Waals surface area contributed by atoms with Crippen LogP contribution in [-0.2, 0) is 0 Å². The van der Waals surface area contributed by atoms with Crippen LogP contribution in [0.3, 0.4) is 0 Å². The van der Waals surface area contributed by atoms with E-state index in [1.54, 1.807) is 14.0 Å². The Morgan fingerprint density at radius 3 is 2.57 bits per heavy atom. The van der Waals surface area contributed by atoms with Gasteiger partial charge in [0.05, 0.1) is 12.8 Å². The summed E-state index contributed by atoms with van der Waals surface area (Å²) in [5.74, 6) is 2.80. The SMILES string of the molecule is COc1ccc([C@@H](C)c2cc3c(cc2OC/C(C)=N/NC(N)=O)OCO3)cc1. The predicted molar refractivity (Wildman–Crippen MR) is 104 cm³/mol. The first kappa shape index (κ1) is 19.3. The molecule has 2 amide bonds. The quantitative estimate of drug-likeness (QED) is 0.563. The molecule has 1 aliphatic heterocycles. The molecule has 28 heavy (non-hydrogen) atoms. The lowest BCUT2D eigenvalue weighted by molar-refractivity contribution is 0.174. The number of nitrogens with two attached hydrogens (primary N) is 1. The second-order valence-corrected chi connectivity index (χ2v) is 6.35. The van der Waals surface area contributed by atoms with Gasteiger partial charge in [0.15, 0.2) is 11.5 Å². The maximum Gasteiger partial charge on any atom is 0.332 e. The Kier molecular flexibility index (Phi) is 5.88. The fourth-order valence-corrected chi connectivity index (χ4v) is 2.84. The molecule has 0 aromatic heterocycles. The third-order valence-electron chi connectivity index (χ3n) is 4.38. The van der Waals surface area contributed by atoms with Crippen LogP contribution in [0.2, 0.25) is 0 Å². The highest BCUT2D eigenvalue weighted by molar-refractivity contribution is 5.85. The van der Waals surface area contributed by atoms with Crippen molar-refractivity contribution in [3.05, 3.63) is 47.5 Å². The highest BCUT2D eigenvalue weighted by Crippen LogP contribution is 2.42. The van der Waals surface area contributed by atoms with Crippen LogP contribution in [0.1, 0.15) is 30.9 Å². The van der Waals surface area contributed by atoms with Crippen LogP contribution in [0, 0.1) is 0 Å². The summed E-state index contributed by atoms with van der Waals surface area (Å²) in [6.07, 6.45) is 0. The van der Waals surface area contributed by atoms with Crippen molar-refractivity contribution in [2.75, 3.05) is 20.5 Å². The summed E-state index contributed by atoms with van der Waals surface area (Å²) in [6, 6.07) is 10.9. The van der Waals surface area contributed by atoms with Gasteiger partial charge in [-0.05, 0) is 30.7 Å². The van der Waals surface area contributed by atoms with E-state index in [-0.39, 0.29) is 19.3 Å². The Morgan fingerprint density at radius 2 is 1.93 bits per heavy atom. The maximum absolute atomic E-state index is 10.8. The van der Waals surface area contributed by atoms with Crippen LogP contribution in [0.4, 0.5) is 4.79 Å². The topological polar surface area (TPSA) is 104 Å². The van der Waals surface area contributed by atoms with E-state index in [4.69, 9.17) is 24.7 Å². The van der Waals surface area contributed by atoms with E-state index >= 15 is 0 Å². The molecule has 148 valence electrons. The van der Waals surface area contributed by atoms with E-state index in [9.17, 15) is 4.79 Å². The van der Waals surface area contributed by atoms with E-state index in [2.05, 4.69) is 17.5 Å². The summed E-state index contributed by atoms with van der Waals surface area (Å²) in [4.78, 5) is 10.8. The third kappa shape index (κ3) is 4.46. The summed E-state index contributed by atoms with van der Waals surface area (Å²) in [7, 11) is 1.64. The second-order valence-electron chi connectivity index (χ2n) is 6.35. The van der Waals surface area contributed by atoms with Gasteiger partial charge in [-0.2, -0.15) is 5.10 Å². The number of amides is 2. The zero-order valence-electron chi connectivity index (χ0n) is 16.0. The molecule has 8 nitrogen and oxygen atoms in total. The summed E-state index contributed by atoms with van der Waals surface area (Å²) in [6.45, 7) is 4.18. The van der Waals surface area contributed by atoms with Gasteiger partial charge in [-0.1, -0.05) is 19.1 Å². The fourth-order valence-electron chi connectivity index (χ4n) is 2.84. The van der Waals surface area contributed by atoms with Crippen LogP contribution in [-0.4, -0.2) is 32.3 Å². The molecule has 0 radical (unpaired) electrons. The molecule has 8 heteroatoms. The number of carbonyl (C=O) groups is 1. The molecule has 1 atom stereocenters. The largest absolute Gasteiger partial charge is 0.497 e. The van der Waals surface area contributed by atoms with Gasteiger partial charge in [-0.3, -0.25) is 0 Å². The molecule has 0 fully saturated rings. The molecule has 2 aromatic carbocycles. The Hall–Kier alpha value is -3.42. The number of hydrogen-bond acceptors (Lipinski definition) is 6. The van der Waals surface area contributed by atoms with Crippen LogP contribution in [0.25, 0.3) is 0 Å². The molecule has 3 rings (SSSR count). The molecule has 0 saturated carbocycles. The number of methoxy groups -OCH3 is 1. The van der Waals surface area contributed by atoms with Gasteiger partial charge < -0.3 is 24.7 Å². The molecule has 0 bridgehead atoms. The minimum Gasteiger partial charge on any atom is -0.497 e. The summed E-state index contributed by atoms with van der Waals surface area (Å²) in [5, 5.41) is 3.86. The predicted octanol–water partition coefficient (Wildman–Crippen LogP) is 3.00. The number of hydrazone groups is 1. The van der Waals surface area contributed by atoms with E-state index in [0.717, 1.165) is 16.9 Å². The molecule has 1 heterocycles. The number of benzene rings is 2. The molecule has 2 aromatic rings. The second kappa shape index (κ2) is 8.51. The van der Waals surface area contributed by atoms with Crippen molar-refractivity contribution in [3.8, 4) is 23.0 Å². The lowest BCUT2D eigenvalue weighted by atomic mass is 9.92. The van der Waals surface area contributed by atoms with Gasteiger partial charge in [-0.25, -0.2) is 10.2 Å². The first-order valence-corrected chi connectivity index (χ1v) is 8.77. The van der Waals surface area contributed by atoms with E-state index in [1.807, 2.05) is 36.4 Å². The van der Waals surface area contributed by atoms with E-state index < -0.39 is 6.03 Å². The summed E-state index contributed by atoms with van der Waals surface area (Å²) >= 11 is 0. The number of nitrogens with one attached hydrogen (secondary N) is 1. The van der Waals surface area contributed by atoms with E-state index in [1.165, 1.54) is 0 Å². The molecule has 3 N–H and O–H groups in total. The average molecular weight is 385 g/mol. The number of carbonyl (C=O) groups excluding carboxylic acids is 1. The normalized spacial score (nSPS) is 13.8. The number of urea groups is 1. The summed E-state index contributed by atoms with van der Waals surface area (Å²) < 4.78 is 22.2. The zero-order chi connectivity index (χ0) is 20.1. The smallest absolute Gasteiger partial charge is 0.332 e. The Morgan fingerprint density at radius 1 is 1.25 bits per heavy atom. The van der Waals surface area contributed by atoms with Gasteiger partial charge in [0, 0.05) is 17.5 Å². The molecule has 0 aliphatic carbocycles. The van der Waals surface area contributed by atoms with Gasteiger partial charge >= 0.3 is 6.03 Å². The van der Waals surface area contributed by atoms with Gasteiger partial charge in [-0.15, -0.1) is 0 Å². The molecule has 0 unspecified atom stereocenters. The van der Waals surface area contributed by atoms with Crippen LogP contribution < -0.4 is 30.1 Å². The lowest BCUT2D eigenvalue weighted by Crippen LogP contribution is -2.26. The number of hydrogen-bond donors (Lipinski definition) is 2. The van der Waals surface area contributed by atoms with Crippen LogP contribution >= 0.6 is 0 Å². The minimum atomic E-state index is -0.726. The van der Waals surface area contributed by atoms with Crippen molar-refractivity contribution >= 4 is 11.7 Å². The molecule has 0 saturated heterocycles. The first-order chi connectivity index (χ1) is 13.5. The van der Waals surface area contributed by atoms with Crippen LogP contribution in [0.15, 0.2) is 41.5 Å². The number of rotatable bonds is 7. The molecular formula is C20H23N3O5. The van der Waals surface area contributed by atoms with Gasteiger partial charge in [0.1, 0.15) is 18.1 Å². The Labute approximate surface area is 163 Å². The fraction of sp³-hybridized carbons (Fsp3) is 0.300. The molecule has 0 spiro atoms. The molecule has 1 aliphatic rings. The van der Waals surface area contributed by atoms with Crippen molar-refractivity contribution in [2.45, 2.75) is 19.8 Å². The number of nitrogens with zero attached hydrogens (tertiary/aromatic N) is 1. The summed E-state index contributed by atoms with van der Waals surface area (Å²) in [5.41, 5.74) is 9.83. The van der Waals surface area contributed by atoms with Crippen molar-refractivity contribution in [1.29, 1.82) is 0 Å². The van der Waals surface area contributed by atoms with Crippen molar-refractivity contribution < 1.29 is 23.7 Å². The number of fused-ring (bicyclic) bond motifs is 1. The van der Waals surface area contributed by atoms with Gasteiger partial charge in [0.25, 0.3) is 0 Å². The average Bonchev–Trinajstić information content (AvgIpc) is 3.16. The Bertz CT molecular complexity index is 880. The Balaban J connectivity index is 1.86. The zero-order valence-corrected chi connectivity index (χ0v) is 16.0. The van der Waals surface area contributed by atoms with Crippen molar-refractivity contribution in [1.82, 2.24) is 5.43 Å². The highest BCUT2D eigenvalue weighted by Gasteiger charge is 2.22. The van der Waals surface area contributed by atoms with Gasteiger partial charge in [0.2, 0.25) is 6.79 Å². The number of ether oxygens (including phenoxy) is 4. The van der Waals surface area contributed by atoms with Crippen molar-refractivity contribution in [3.63, 3.8) is 0 Å². The molecular weight excluding hydrogens is 362 g/mol. The minimum absolute atomic E-state index is 0.0383. The lowest BCUT2D eigenvalue weighted by Gasteiger charge is -2.18. The standard InChI is InChI=1S/C20H23N3O5/c1-12(22-23-20(21)24)10-26-17-9-19-18(27-11-28-19)8-16(17)13(2)14-4-6-15(25-3)7-5-14/h4-9,13H,10-11H2,1-3H3,(H3,21,23,24)/b22-12+/t13-/m1/s1. The maximum atomic E-state index is 10.8. The third-order valence-corrected chi connectivity index (χ3v) is 4.38. The van der Waals surface area contributed by atoms with Crippen molar-refractivity contribution in [2.24, 2.45) is 10.8 Å².